The molecule has 10 heteroatoms. The lowest BCUT2D eigenvalue weighted by Crippen LogP contribution is -2.18. The maximum Gasteiger partial charge on any atom is 0.290 e. The first kappa shape index (κ1) is 28.6. The Morgan fingerprint density at radius 3 is 2.38 bits per heavy atom. The van der Waals surface area contributed by atoms with E-state index in [1.54, 1.807) is 38.2 Å². The zero-order valence-electron chi connectivity index (χ0n) is 24.4. The first-order chi connectivity index (χ1) is 20.0. The monoisotopic (exact) mass is 566 g/mol. The topological polar surface area (TPSA) is 128 Å². The third-order valence-electron chi connectivity index (χ3n) is 7.21. The van der Waals surface area contributed by atoms with Gasteiger partial charge in [-0.15, -0.1) is 0 Å². The lowest BCUT2D eigenvalue weighted by Gasteiger charge is -2.16. The molecule has 0 atom stereocenters. The van der Waals surface area contributed by atoms with Gasteiger partial charge in [0.1, 0.15) is 5.76 Å². The molecular formula is C32H34N6O4. The predicted molar refractivity (Wildman–Crippen MR) is 164 cm³/mol. The second kappa shape index (κ2) is 11.5. The minimum atomic E-state index is -0.573. The molecule has 0 saturated heterocycles. The zero-order valence-corrected chi connectivity index (χ0v) is 24.4. The fraction of sp³-hybridized carbons (Fsp3) is 0.250. The number of benzene rings is 2. The highest BCUT2D eigenvalue weighted by atomic mass is 16.5. The second-order valence-corrected chi connectivity index (χ2v) is 10.7. The van der Waals surface area contributed by atoms with Gasteiger partial charge in [-0.05, 0) is 82.4 Å². The summed E-state index contributed by atoms with van der Waals surface area (Å²) in [5.74, 6) is -0.395. The van der Waals surface area contributed by atoms with Crippen LogP contribution in [-0.2, 0) is 13.6 Å². The van der Waals surface area contributed by atoms with Gasteiger partial charge in [0.15, 0.2) is 5.69 Å². The Morgan fingerprint density at radius 2 is 1.74 bits per heavy atom. The van der Waals surface area contributed by atoms with E-state index in [0.717, 1.165) is 40.7 Å². The molecular weight excluding hydrogens is 532 g/mol. The molecule has 10 nitrogen and oxygen atoms in total. The summed E-state index contributed by atoms with van der Waals surface area (Å²) in [6.45, 7) is 5.15. The Morgan fingerprint density at radius 1 is 1.02 bits per heavy atom. The van der Waals surface area contributed by atoms with Crippen LogP contribution in [0.1, 0.15) is 38.7 Å². The number of nitrogens with zero attached hydrogens (tertiary/aromatic N) is 4. The van der Waals surface area contributed by atoms with E-state index in [2.05, 4.69) is 25.8 Å². The average molecular weight is 567 g/mol. The number of aryl methyl sites for hydroxylation is 4. The van der Waals surface area contributed by atoms with Crippen LogP contribution in [0.5, 0.6) is 0 Å². The summed E-state index contributed by atoms with van der Waals surface area (Å²) < 4.78 is 8.84. The predicted octanol–water partition coefficient (Wildman–Crippen LogP) is 4.58. The lowest BCUT2D eigenvalue weighted by atomic mass is 10.0. The first-order valence-corrected chi connectivity index (χ1v) is 13.7. The quantitative estimate of drug-likeness (QED) is 0.269. The molecule has 5 aromatic rings. The summed E-state index contributed by atoms with van der Waals surface area (Å²) >= 11 is 0. The molecule has 3 heterocycles. The van der Waals surface area contributed by atoms with Crippen LogP contribution in [0, 0.1) is 13.8 Å². The SMILES string of the molecule is Cc1cc2cc(-c3ccc(-c4c(C)on(C)c4=O)cc3)n(CCCN(C)C)c2c(C(=O)Nc2cccc(C(N)=O)c2)n1. The number of hydrogen-bond acceptors (Lipinski definition) is 6. The van der Waals surface area contributed by atoms with Gasteiger partial charge >= 0.3 is 0 Å². The van der Waals surface area contributed by atoms with E-state index in [1.807, 2.05) is 51.4 Å². The fourth-order valence-electron chi connectivity index (χ4n) is 5.28. The Balaban J connectivity index is 1.60. The molecule has 3 N–H and O–H groups in total. The average Bonchev–Trinajstić information content (AvgIpc) is 3.43. The van der Waals surface area contributed by atoms with E-state index in [-0.39, 0.29) is 11.5 Å². The molecule has 0 saturated carbocycles. The van der Waals surface area contributed by atoms with E-state index < -0.39 is 5.91 Å². The van der Waals surface area contributed by atoms with Crippen LogP contribution in [0.15, 0.2) is 70.0 Å². The largest absolute Gasteiger partial charge is 0.381 e. The van der Waals surface area contributed by atoms with Crippen molar-refractivity contribution in [1.29, 1.82) is 0 Å². The number of pyridine rings is 1. The lowest BCUT2D eigenvalue weighted by molar-refractivity contribution is 0.0995. The van der Waals surface area contributed by atoms with Gasteiger partial charge in [0.25, 0.3) is 11.5 Å². The summed E-state index contributed by atoms with van der Waals surface area (Å²) in [5, 5.41) is 3.78. The normalized spacial score (nSPS) is 11.4. The van der Waals surface area contributed by atoms with Gasteiger partial charge in [-0.1, -0.05) is 30.3 Å². The Hall–Kier alpha value is -4.96. The van der Waals surface area contributed by atoms with Crippen LogP contribution < -0.4 is 16.6 Å². The van der Waals surface area contributed by atoms with Crippen molar-refractivity contribution in [2.75, 3.05) is 26.0 Å². The first-order valence-electron chi connectivity index (χ1n) is 13.7. The van der Waals surface area contributed by atoms with Crippen molar-refractivity contribution >= 4 is 28.4 Å². The minimum absolute atomic E-state index is 0.184. The van der Waals surface area contributed by atoms with Crippen LogP contribution in [0.3, 0.4) is 0 Å². The molecule has 0 fully saturated rings. The van der Waals surface area contributed by atoms with Gasteiger partial charge in [-0.3, -0.25) is 14.4 Å². The van der Waals surface area contributed by atoms with Crippen molar-refractivity contribution in [3.8, 4) is 22.4 Å². The highest BCUT2D eigenvalue weighted by Gasteiger charge is 2.21. The highest BCUT2D eigenvalue weighted by molar-refractivity contribution is 6.12. The van der Waals surface area contributed by atoms with Crippen molar-refractivity contribution in [3.63, 3.8) is 0 Å². The maximum absolute atomic E-state index is 13.7. The molecule has 0 aliphatic rings. The molecule has 0 aliphatic heterocycles. The van der Waals surface area contributed by atoms with Crippen LogP contribution in [0.2, 0.25) is 0 Å². The summed E-state index contributed by atoms with van der Waals surface area (Å²) in [7, 11) is 5.65. The molecule has 42 heavy (non-hydrogen) atoms. The number of rotatable bonds is 9. The summed E-state index contributed by atoms with van der Waals surface area (Å²) in [6, 6.07) is 18.3. The van der Waals surface area contributed by atoms with E-state index in [4.69, 9.17) is 10.3 Å². The van der Waals surface area contributed by atoms with Crippen LogP contribution >= 0.6 is 0 Å². The zero-order chi connectivity index (χ0) is 30.1. The number of nitrogens with two attached hydrogens (primary N) is 1. The summed E-state index contributed by atoms with van der Waals surface area (Å²) in [6.07, 6.45) is 0.849. The Bertz CT molecular complexity index is 1860. The fourth-order valence-corrected chi connectivity index (χ4v) is 5.28. The van der Waals surface area contributed by atoms with Gasteiger partial charge < -0.3 is 25.0 Å². The maximum atomic E-state index is 13.7. The number of hydrogen-bond donors (Lipinski definition) is 2. The minimum Gasteiger partial charge on any atom is -0.381 e. The van der Waals surface area contributed by atoms with Crippen molar-refractivity contribution < 1.29 is 14.1 Å². The van der Waals surface area contributed by atoms with Crippen LogP contribution in [0.4, 0.5) is 5.69 Å². The standard InChI is InChI=1S/C32H34N6O4/c1-19-16-24-18-26(21-10-12-22(13-11-21)27-20(2)42-37(5)32(27)41)38(15-7-14-36(3)4)29(24)28(34-19)31(40)35-25-9-6-8-23(17-25)30(33)39/h6,8-13,16-18H,7,14-15H2,1-5H3,(H2,33,39)(H,35,40). The molecule has 5 rings (SSSR count). The molecule has 0 unspecified atom stereocenters. The summed E-state index contributed by atoms with van der Waals surface area (Å²) in [4.78, 5) is 44.7. The second-order valence-electron chi connectivity index (χ2n) is 10.7. The Labute approximate surface area is 243 Å². The van der Waals surface area contributed by atoms with E-state index in [1.165, 1.54) is 4.74 Å². The number of aromatic nitrogens is 3. The number of carbonyl (C=O) groups excluding carboxylic acids is 2. The smallest absolute Gasteiger partial charge is 0.290 e. The third-order valence-corrected chi connectivity index (χ3v) is 7.21. The number of carbonyl (C=O) groups is 2. The number of anilines is 1. The molecule has 0 radical (unpaired) electrons. The molecule has 216 valence electrons. The van der Waals surface area contributed by atoms with E-state index in [9.17, 15) is 14.4 Å². The van der Waals surface area contributed by atoms with Crippen molar-refractivity contribution in [1.82, 2.24) is 19.2 Å². The van der Waals surface area contributed by atoms with Gasteiger partial charge in [0.2, 0.25) is 5.91 Å². The molecule has 0 aliphatic carbocycles. The van der Waals surface area contributed by atoms with E-state index >= 15 is 0 Å². The number of fused-ring (bicyclic) bond motifs is 1. The third kappa shape index (κ3) is 5.61. The van der Waals surface area contributed by atoms with Gasteiger partial charge in [-0.2, -0.15) is 4.74 Å². The number of amides is 2. The van der Waals surface area contributed by atoms with E-state index in [0.29, 0.717) is 40.5 Å². The van der Waals surface area contributed by atoms with Gasteiger partial charge in [0, 0.05) is 41.6 Å². The highest BCUT2D eigenvalue weighted by Crippen LogP contribution is 2.33. The van der Waals surface area contributed by atoms with Crippen molar-refractivity contribution in [2.24, 2.45) is 12.8 Å². The van der Waals surface area contributed by atoms with Crippen LogP contribution in [0.25, 0.3) is 33.3 Å². The van der Waals surface area contributed by atoms with Crippen LogP contribution in [-0.4, -0.2) is 51.6 Å². The molecule has 2 amide bonds. The molecule has 0 bridgehead atoms. The number of nitrogens with one attached hydrogen (secondary N) is 1. The van der Waals surface area contributed by atoms with Gasteiger partial charge in [-0.25, -0.2) is 4.98 Å². The number of primary amides is 1. The summed E-state index contributed by atoms with van der Waals surface area (Å²) in [5.41, 5.74) is 10.9. The van der Waals surface area contributed by atoms with Crippen molar-refractivity contribution in [3.05, 3.63) is 93.7 Å². The van der Waals surface area contributed by atoms with Gasteiger partial charge in [0.05, 0.1) is 11.1 Å². The van der Waals surface area contributed by atoms with Crippen molar-refractivity contribution in [2.45, 2.75) is 26.8 Å². The molecule has 0 spiro atoms. The molecule has 2 aromatic carbocycles. The molecule has 3 aromatic heterocycles. The Kier molecular flexibility index (Phi) is 7.82.